The monoisotopic (exact) mass is 450 g/mol. The summed E-state index contributed by atoms with van der Waals surface area (Å²) in [5.41, 5.74) is 3.61. The van der Waals surface area contributed by atoms with Crippen molar-refractivity contribution in [3.05, 3.63) is 89.5 Å². The van der Waals surface area contributed by atoms with Crippen molar-refractivity contribution in [1.82, 2.24) is 4.31 Å². The van der Waals surface area contributed by atoms with E-state index in [0.29, 0.717) is 29.3 Å². The first kappa shape index (κ1) is 22.0. The maximum absolute atomic E-state index is 13.1. The van der Waals surface area contributed by atoms with Crippen molar-refractivity contribution < 1.29 is 17.9 Å². The van der Waals surface area contributed by atoms with Crippen molar-refractivity contribution in [3.63, 3.8) is 0 Å². The quantitative estimate of drug-likeness (QED) is 0.612. The van der Waals surface area contributed by atoms with Gasteiger partial charge in [0.05, 0.1) is 4.90 Å². The van der Waals surface area contributed by atoms with Crippen LogP contribution in [0, 0.1) is 6.92 Å². The van der Waals surface area contributed by atoms with Crippen molar-refractivity contribution in [2.24, 2.45) is 0 Å². The second-order valence-corrected chi connectivity index (χ2v) is 9.89. The lowest BCUT2D eigenvalue weighted by atomic mass is 10.0. The summed E-state index contributed by atoms with van der Waals surface area (Å²) in [6.07, 6.45) is -0.0471. The predicted octanol–water partition coefficient (Wildman–Crippen LogP) is 4.15. The molecule has 1 heterocycles. The van der Waals surface area contributed by atoms with Gasteiger partial charge in [0.15, 0.2) is 6.10 Å². The van der Waals surface area contributed by atoms with Crippen LogP contribution >= 0.6 is 0 Å². The van der Waals surface area contributed by atoms with Crippen LogP contribution in [0.15, 0.2) is 77.7 Å². The molecular formula is C25H26N2O4S. The summed E-state index contributed by atoms with van der Waals surface area (Å²) in [6.45, 7) is 4.31. The summed E-state index contributed by atoms with van der Waals surface area (Å²) in [5, 5.41) is 2.87. The van der Waals surface area contributed by atoms with E-state index < -0.39 is 16.1 Å². The van der Waals surface area contributed by atoms with Gasteiger partial charge in [-0.3, -0.25) is 4.79 Å². The number of hydrogen-bond donors (Lipinski definition) is 1. The van der Waals surface area contributed by atoms with Gasteiger partial charge in [0.2, 0.25) is 10.0 Å². The highest BCUT2D eigenvalue weighted by Crippen LogP contribution is 2.27. The molecule has 1 aliphatic heterocycles. The number of hydrogen-bond acceptors (Lipinski definition) is 4. The van der Waals surface area contributed by atoms with Gasteiger partial charge in [-0.15, -0.1) is 0 Å². The third-order valence-electron chi connectivity index (χ3n) is 5.54. The van der Waals surface area contributed by atoms with Gasteiger partial charge in [-0.25, -0.2) is 8.42 Å². The molecule has 0 spiro atoms. The third kappa shape index (κ3) is 4.84. The van der Waals surface area contributed by atoms with Crippen LogP contribution < -0.4 is 10.1 Å². The maximum atomic E-state index is 13.1. The molecule has 1 amide bonds. The van der Waals surface area contributed by atoms with Crippen LogP contribution in [0.25, 0.3) is 0 Å². The van der Waals surface area contributed by atoms with Crippen LogP contribution in [0.4, 0.5) is 5.69 Å². The Kier molecular flexibility index (Phi) is 6.30. The van der Waals surface area contributed by atoms with Crippen molar-refractivity contribution in [2.75, 3.05) is 11.9 Å². The van der Waals surface area contributed by atoms with E-state index in [1.54, 1.807) is 43.3 Å². The minimum atomic E-state index is -3.58. The Labute approximate surface area is 188 Å². The second kappa shape index (κ2) is 9.14. The molecule has 0 fully saturated rings. The SMILES string of the molecule is Cc1ccc(S(=O)(=O)N2CCc3ccc(NC(=O)C(C)Oc4ccccc4)cc3C2)cc1. The largest absolute Gasteiger partial charge is 0.481 e. The molecule has 4 rings (SSSR count). The number of anilines is 1. The lowest BCUT2D eigenvalue weighted by molar-refractivity contribution is -0.122. The Morgan fingerprint density at radius 3 is 2.44 bits per heavy atom. The van der Waals surface area contributed by atoms with E-state index in [1.165, 1.54) is 4.31 Å². The van der Waals surface area contributed by atoms with Crippen molar-refractivity contribution in [3.8, 4) is 5.75 Å². The summed E-state index contributed by atoms with van der Waals surface area (Å²) in [5.74, 6) is 0.353. The molecule has 0 saturated heterocycles. The first-order valence-electron chi connectivity index (χ1n) is 10.5. The molecule has 0 saturated carbocycles. The molecule has 1 N–H and O–H groups in total. The molecule has 0 radical (unpaired) electrons. The Balaban J connectivity index is 1.46. The Morgan fingerprint density at radius 2 is 1.72 bits per heavy atom. The molecule has 166 valence electrons. The molecule has 32 heavy (non-hydrogen) atoms. The van der Waals surface area contributed by atoms with Crippen LogP contribution in [0.5, 0.6) is 5.75 Å². The van der Waals surface area contributed by atoms with Gasteiger partial charge in [0, 0.05) is 18.8 Å². The average molecular weight is 451 g/mol. The number of rotatable bonds is 6. The van der Waals surface area contributed by atoms with E-state index in [2.05, 4.69) is 5.32 Å². The number of carbonyl (C=O) groups is 1. The molecule has 1 unspecified atom stereocenters. The standard InChI is InChI=1S/C25H26N2O4S/c1-18-8-12-24(13-9-18)32(29,30)27-15-14-20-10-11-22(16-21(20)17-27)26-25(28)19(2)31-23-6-4-3-5-7-23/h3-13,16,19H,14-15,17H2,1-2H3,(H,26,28). The maximum Gasteiger partial charge on any atom is 0.265 e. The smallest absolute Gasteiger partial charge is 0.265 e. The van der Waals surface area contributed by atoms with E-state index in [0.717, 1.165) is 16.7 Å². The summed E-state index contributed by atoms with van der Waals surface area (Å²) >= 11 is 0. The van der Waals surface area contributed by atoms with E-state index >= 15 is 0 Å². The molecule has 1 aliphatic rings. The summed E-state index contributed by atoms with van der Waals surface area (Å²) in [6, 6.07) is 21.7. The number of fused-ring (bicyclic) bond motifs is 1. The first-order chi connectivity index (χ1) is 15.3. The molecule has 3 aromatic carbocycles. The fourth-order valence-electron chi connectivity index (χ4n) is 3.67. The minimum Gasteiger partial charge on any atom is -0.481 e. The zero-order valence-corrected chi connectivity index (χ0v) is 18.9. The van der Waals surface area contributed by atoms with Gasteiger partial charge in [-0.1, -0.05) is 42.0 Å². The van der Waals surface area contributed by atoms with E-state index in [4.69, 9.17) is 4.74 Å². The highest BCUT2D eigenvalue weighted by Gasteiger charge is 2.28. The van der Waals surface area contributed by atoms with Gasteiger partial charge < -0.3 is 10.1 Å². The number of benzene rings is 3. The van der Waals surface area contributed by atoms with Gasteiger partial charge in [0.1, 0.15) is 5.75 Å². The minimum absolute atomic E-state index is 0.269. The highest BCUT2D eigenvalue weighted by molar-refractivity contribution is 7.89. The van der Waals surface area contributed by atoms with Crippen molar-refractivity contribution >= 4 is 21.6 Å². The van der Waals surface area contributed by atoms with E-state index in [9.17, 15) is 13.2 Å². The first-order valence-corrected chi connectivity index (χ1v) is 12.0. The molecule has 6 nitrogen and oxygen atoms in total. The molecule has 3 aromatic rings. The summed E-state index contributed by atoms with van der Waals surface area (Å²) in [7, 11) is -3.58. The zero-order chi connectivity index (χ0) is 22.7. The van der Waals surface area contributed by atoms with Crippen LogP contribution in [0.2, 0.25) is 0 Å². The lowest BCUT2D eigenvalue weighted by Gasteiger charge is -2.28. The fraction of sp³-hybridized carbons (Fsp3) is 0.240. The summed E-state index contributed by atoms with van der Waals surface area (Å²) in [4.78, 5) is 12.9. The number of carbonyl (C=O) groups excluding carboxylic acids is 1. The number of nitrogens with zero attached hydrogens (tertiary/aromatic N) is 1. The number of ether oxygens (including phenoxy) is 1. The Bertz CT molecular complexity index is 1210. The van der Waals surface area contributed by atoms with E-state index in [-0.39, 0.29) is 12.5 Å². The number of sulfonamides is 1. The van der Waals surface area contributed by atoms with Gasteiger partial charge in [0.25, 0.3) is 5.91 Å². The Hall–Kier alpha value is -3.16. The predicted molar refractivity (Wildman–Crippen MR) is 124 cm³/mol. The third-order valence-corrected chi connectivity index (χ3v) is 7.39. The molecule has 0 aliphatic carbocycles. The lowest BCUT2D eigenvalue weighted by Crippen LogP contribution is -2.36. The topological polar surface area (TPSA) is 75.7 Å². The normalized spacial score (nSPS) is 14.9. The van der Waals surface area contributed by atoms with Gasteiger partial charge in [-0.2, -0.15) is 4.31 Å². The van der Waals surface area contributed by atoms with Crippen LogP contribution in [0.1, 0.15) is 23.6 Å². The van der Waals surface area contributed by atoms with Gasteiger partial charge >= 0.3 is 0 Å². The summed E-state index contributed by atoms with van der Waals surface area (Å²) < 4.78 is 33.3. The highest BCUT2D eigenvalue weighted by atomic mass is 32.2. The molecule has 0 bridgehead atoms. The molecular weight excluding hydrogens is 424 g/mol. The van der Waals surface area contributed by atoms with Crippen molar-refractivity contribution in [2.45, 2.75) is 37.8 Å². The van der Waals surface area contributed by atoms with Crippen molar-refractivity contribution in [1.29, 1.82) is 0 Å². The van der Waals surface area contributed by atoms with Crippen LogP contribution in [0.3, 0.4) is 0 Å². The second-order valence-electron chi connectivity index (χ2n) is 7.95. The fourth-order valence-corrected chi connectivity index (χ4v) is 5.09. The number of aryl methyl sites for hydroxylation is 1. The Morgan fingerprint density at radius 1 is 1.00 bits per heavy atom. The van der Waals surface area contributed by atoms with Crippen LogP contribution in [-0.4, -0.2) is 31.3 Å². The number of nitrogens with one attached hydrogen (secondary N) is 1. The number of para-hydroxylation sites is 1. The van der Waals surface area contributed by atoms with Gasteiger partial charge in [-0.05, 0) is 67.8 Å². The zero-order valence-electron chi connectivity index (χ0n) is 18.1. The molecule has 7 heteroatoms. The van der Waals surface area contributed by atoms with E-state index in [1.807, 2.05) is 43.3 Å². The van der Waals surface area contributed by atoms with Crippen LogP contribution in [-0.2, 0) is 27.8 Å². The average Bonchev–Trinajstić information content (AvgIpc) is 2.79. The molecule has 1 atom stereocenters. The number of amides is 1. The molecule has 0 aromatic heterocycles.